The summed E-state index contributed by atoms with van der Waals surface area (Å²) in [5.74, 6) is -0.0709. The van der Waals surface area contributed by atoms with Crippen LogP contribution in [-0.4, -0.2) is 22.3 Å². The molecule has 0 aromatic heterocycles. The average Bonchev–Trinajstić information content (AvgIpc) is 2.74. The van der Waals surface area contributed by atoms with Crippen molar-refractivity contribution in [2.45, 2.75) is 11.8 Å². The molecule has 0 bridgehead atoms. The third-order valence-corrected chi connectivity index (χ3v) is 4.49. The average molecular weight is 316 g/mol. The molecule has 0 aliphatic carbocycles. The van der Waals surface area contributed by atoms with Gasteiger partial charge in [0.1, 0.15) is 4.99 Å². The van der Waals surface area contributed by atoms with Crippen molar-refractivity contribution in [2.24, 2.45) is 0 Å². The fourth-order valence-electron chi connectivity index (χ4n) is 2.56. The van der Waals surface area contributed by atoms with Gasteiger partial charge in [0.2, 0.25) is 0 Å². The molecule has 1 aliphatic rings. The molecule has 0 N–H and O–H groups in total. The Bertz CT molecular complexity index is 677. The monoisotopic (exact) mass is 315 g/mol. The lowest BCUT2D eigenvalue weighted by atomic mass is 10.00. The van der Waals surface area contributed by atoms with Gasteiger partial charge in [-0.05, 0) is 18.6 Å². The van der Waals surface area contributed by atoms with Crippen molar-refractivity contribution in [3.8, 4) is 0 Å². The van der Waals surface area contributed by atoms with Gasteiger partial charge in [-0.1, -0.05) is 60.7 Å². The highest BCUT2D eigenvalue weighted by Crippen LogP contribution is 2.33. The van der Waals surface area contributed by atoms with Crippen molar-refractivity contribution in [2.75, 3.05) is 6.54 Å². The molecule has 1 aliphatic heterocycles. The molecule has 1 amide bonds. The van der Waals surface area contributed by atoms with Crippen molar-refractivity contribution in [3.05, 3.63) is 71.3 Å². The standard InChI is InChI=1S/C17H14ClNOS/c1-17(18,12-7-3-2-4-8-12)11-19-15(20)13-9-5-6-10-14(13)16(19)21/h2-10H,11H2,1H3. The van der Waals surface area contributed by atoms with E-state index in [0.29, 0.717) is 17.1 Å². The molecule has 0 radical (unpaired) electrons. The Morgan fingerprint density at radius 2 is 1.62 bits per heavy atom. The third kappa shape index (κ3) is 2.47. The van der Waals surface area contributed by atoms with Gasteiger partial charge in [-0.15, -0.1) is 11.6 Å². The molecular weight excluding hydrogens is 302 g/mol. The predicted octanol–water partition coefficient (Wildman–Crippen LogP) is 3.97. The van der Waals surface area contributed by atoms with E-state index in [1.165, 1.54) is 0 Å². The Hall–Kier alpha value is -1.71. The quantitative estimate of drug-likeness (QED) is 0.631. The highest BCUT2D eigenvalue weighted by Gasteiger charge is 2.37. The summed E-state index contributed by atoms with van der Waals surface area (Å²) in [6, 6.07) is 17.2. The summed E-state index contributed by atoms with van der Waals surface area (Å²) in [4.78, 5) is 14.0. The molecule has 0 fully saturated rings. The van der Waals surface area contributed by atoms with Crippen molar-refractivity contribution < 1.29 is 4.79 Å². The molecular formula is C17H14ClNOS. The van der Waals surface area contributed by atoms with Crippen molar-refractivity contribution in [1.29, 1.82) is 0 Å². The number of alkyl halides is 1. The Labute approximate surface area is 134 Å². The molecule has 1 atom stereocenters. The van der Waals surface area contributed by atoms with Gasteiger partial charge in [-0.3, -0.25) is 9.69 Å². The first-order chi connectivity index (χ1) is 10.0. The summed E-state index contributed by atoms with van der Waals surface area (Å²) in [5.41, 5.74) is 2.44. The molecule has 4 heteroatoms. The smallest absolute Gasteiger partial charge is 0.259 e. The summed E-state index contributed by atoms with van der Waals surface area (Å²) in [6.45, 7) is 2.26. The molecule has 106 valence electrons. The van der Waals surface area contributed by atoms with Crippen LogP contribution in [0, 0.1) is 0 Å². The topological polar surface area (TPSA) is 20.3 Å². The van der Waals surface area contributed by atoms with Gasteiger partial charge < -0.3 is 0 Å². The fraction of sp³-hybridized carbons (Fsp3) is 0.176. The van der Waals surface area contributed by atoms with E-state index in [1.807, 2.05) is 55.5 Å². The fourth-order valence-corrected chi connectivity index (χ4v) is 3.13. The molecule has 3 rings (SSSR count). The Morgan fingerprint density at radius 3 is 2.24 bits per heavy atom. The van der Waals surface area contributed by atoms with Crippen LogP contribution in [0.25, 0.3) is 0 Å². The van der Waals surface area contributed by atoms with Gasteiger partial charge in [0.25, 0.3) is 5.91 Å². The minimum atomic E-state index is -0.678. The molecule has 2 nitrogen and oxygen atoms in total. The van der Waals surface area contributed by atoms with Crippen LogP contribution in [0.15, 0.2) is 54.6 Å². The minimum absolute atomic E-state index is 0.0709. The molecule has 1 unspecified atom stereocenters. The second-order valence-corrected chi connectivity index (χ2v) is 6.53. The first-order valence-corrected chi connectivity index (χ1v) is 7.49. The van der Waals surface area contributed by atoms with Crippen LogP contribution in [0.4, 0.5) is 0 Å². The third-order valence-electron chi connectivity index (χ3n) is 3.71. The minimum Gasteiger partial charge on any atom is -0.296 e. The van der Waals surface area contributed by atoms with Crippen LogP contribution in [0.1, 0.15) is 28.4 Å². The van der Waals surface area contributed by atoms with E-state index in [0.717, 1.165) is 11.1 Å². The molecule has 1 heterocycles. The lowest BCUT2D eigenvalue weighted by Gasteiger charge is -2.28. The van der Waals surface area contributed by atoms with Crippen LogP contribution in [0.2, 0.25) is 0 Å². The van der Waals surface area contributed by atoms with Gasteiger partial charge in [0.15, 0.2) is 0 Å². The number of benzene rings is 2. The van der Waals surface area contributed by atoms with Crippen LogP contribution in [0.5, 0.6) is 0 Å². The zero-order valence-electron chi connectivity index (χ0n) is 11.5. The Kier molecular flexibility index (Phi) is 3.56. The van der Waals surface area contributed by atoms with Crippen LogP contribution in [0.3, 0.4) is 0 Å². The number of carbonyl (C=O) groups is 1. The van der Waals surface area contributed by atoms with E-state index in [4.69, 9.17) is 23.8 Å². The summed E-state index contributed by atoms with van der Waals surface area (Å²) in [5, 5.41) is 0. The SMILES string of the molecule is CC(Cl)(CN1C(=O)c2ccccc2C1=S)c1ccccc1. The predicted molar refractivity (Wildman–Crippen MR) is 88.8 cm³/mol. The lowest BCUT2D eigenvalue weighted by molar-refractivity contribution is 0.0852. The van der Waals surface area contributed by atoms with E-state index in [2.05, 4.69) is 0 Å². The second-order valence-electron chi connectivity index (χ2n) is 5.31. The number of hydrogen-bond acceptors (Lipinski definition) is 2. The zero-order valence-corrected chi connectivity index (χ0v) is 13.1. The molecule has 0 spiro atoms. The first kappa shape index (κ1) is 14.2. The number of nitrogens with zero attached hydrogens (tertiary/aromatic N) is 1. The maximum absolute atomic E-state index is 12.5. The summed E-state index contributed by atoms with van der Waals surface area (Å²) < 4.78 is 0. The van der Waals surface area contributed by atoms with Crippen molar-refractivity contribution >= 4 is 34.7 Å². The molecule has 2 aromatic carbocycles. The molecule has 21 heavy (non-hydrogen) atoms. The largest absolute Gasteiger partial charge is 0.296 e. The highest BCUT2D eigenvalue weighted by molar-refractivity contribution is 7.80. The highest BCUT2D eigenvalue weighted by atomic mass is 35.5. The van der Waals surface area contributed by atoms with Gasteiger partial charge in [-0.2, -0.15) is 0 Å². The molecule has 0 saturated carbocycles. The normalized spacial score (nSPS) is 16.8. The van der Waals surface area contributed by atoms with E-state index in [9.17, 15) is 4.79 Å². The molecule has 2 aromatic rings. The number of hydrogen-bond donors (Lipinski definition) is 0. The second kappa shape index (κ2) is 5.24. The zero-order chi connectivity index (χ0) is 15.0. The number of rotatable bonds is 3. The van der Waals surface area contributed by atoms with Gasteiger partial charge >= 0.3 is 0 Å². The van der Waals surface area contributed by atoms with E-state index >= 15 is 0 Å². The Morgan fingerprint density at radius 1 is 1.05 bits per heavy atom. The van der Waals surface area contributed by atoms with Crippen LogP contribution >= 0.6 is 23.8 Å². The number of halogens is 1. The first-order valence-electron chi connectivity index (χ1n) is 6.70. The van der Waals surface area contributed by atoms with Crippen molar-refractivity contribution in [1.82, 2.24) is 4.90 Å². The summed E-state index contributed by atoms with van der Waals surface area (Å²) in [7, 11) is 0. The maximum atomic E-state index is 12.5. The summed E-state index contributed by atoms with van der Waals surface area (Å²) >= 11 is 12.1. The Balaban J connectivity index is 1.90. The number of thiocarbonyl (C=S) groups is 1. The van der Waals surface area contributed by atoms with Crippen LogP contribution < -0.4 is 0 Å². The van der Waals surface area contributed by atoms with E-state index < -0.39 is 4.87 Å². The molecule has 0 saturated heterocycles. The van der Waals surface area contributed by atoms with Gasteiger partial charge in [0.05, 0.1) is 17.0 Å². The van der Waals surface area contributed by atoms with Crippen LogP contribution in [-0.2, 0) is 4.87 Å². The van der Waals surface area contributed by atoms with Gasteiger partial charge in [0, 0.05) is 5.56 Å². The van der Waals surface area contributed by atoms with E-state index in [1.54, 1.807) is 11.0 Å². The maximum Gasteiger partial charge on any atom is 0.259 e. The number of fused-ring (bicyclic) bond motifs is 1. The van der Waals surface area contributed by atoms with E-state index in [-0.39, 0.29) is 5.91 Å². The van der Waals surface area contributed by atoms with Crippen molar-refractivity contribution in [3.63, 3.8) is 0 Å². The van der Waals surface area contributed by atoms with Gasteiger partial charge in [-0.25, -0.2) is 0 Å². The number of carbonyl (C=O) groups excluding carboxylic acids is 1. The summed E-state index contributed by atoms with van der Waals surface area (Å²) in [6.07, 6.45) is 0. The number of amides is 1. The lowest BCUT2D eigenvalue weighted by Crippen LogP contribution is -2.38.